The van der Waals surface area contributed by atoms with Crippen molar-refractivity contribution in [3.05, 3.63) is 99.8 Å². The summed E-state index contributed by atoms with van der Waals surface area (Å²) in [6, 6.07) is 19.8. The van der Waals surface area contributed by atoms with Crippen LogP contribution in [0.2, 0.25) is 5.02 Å². The van der Waals surface area contributed by atoms with Crippen molar-refractivity contribution in [1.82, 2.24) is 4.90 Å². The molecule has 1 atom stereocenters. The Morgan fingerprint density at radius 2 is 1.83 bits per heavy atom. The van der Waals surface area contributed by atoms with Gasteiger partial charge >= 0.3 is 5.97 Å². The normalized spacial score (nSPS) is 16.4. The number of hydrogen-bond acceptors (Lipinski definition) is 3. The molecule has 182 valence electrons. The van der Waals surface area contributed by atoms with Gasteiger partial charge in [-0.1, -0.05) is 48.0 Å². The molecule has 1 amide bonds. The number of carbonyl (C=O) groups is 2. The van der Waals surface area contributed by atoms with Crippen LogP contribution in [0, 0.1) is 5.82 Å². The van der Waals surface area contributed by atoms with E-state index in [0.717, 1.165) is 16.7 Å². The fourth-order valence-electron chi connectivity index (χ4n) is 4.47. The molecule has 3 aromatic rings. The number of hydrogen-bond donors (Lipinski definition) is 1. The van der Waals surface area contributed by atoms with Crippen molar-refractivity contribution in [2.45, 2.75) is 38.2 Å². The van der Waals surface area contributed by atoms with Gasteiger partial charge in [0.2, 0.25) is 0 Å². The van der Waals surface area contributed by atoms with Crippen molar-refractivity contribution < 1.29 is 23.8 Å². The number of rotatable bonds is 9. The Bertz CT molecular complexity index is 1230. The van der Waals surface area contributed by atoms with Gasteiger partial charge in [-0.15, -0.1) is 0 Å². The number of halogens is 2. The van der Waals surface area contributed by atoms with E-state index >= 15 is 0 Å². The molecule has 0 fully saturated rings. The lowest BCUT2D eigenvalue weighted by molar-refractivity contribution is -0.137. The van der Waals surface area contributed by atoms with Crippen molar-refractivity contribution in [3.8, 4) is 5.75 Å². The molecule has 1 aliphatic rings. The molecule has 1 aliphatic heterocycles. The van der Waals surface area contributed by atoms with Crippen molar-refractivity contribution in [3.63, 3.8) is 0 Å². The summed E-state index contributed by atoms with van der Waals surface area (Å²) < 4.78 is 19.7. The standard InChI is InChI=1S/C28H27ClFNO4/c1-28(17-20-7-9-24(30)23(29)15-20)18-22-16-21(8-10-25(22)35-28)27(34)31(14-12-26(32)33)13-11-19-5-3-2-4-6-19/h2-10,15-16H,11-14,17-18H2,1H3,(H,32,33)/t28-/m1/s1. The van der Waals surface area contributed by atoms with Crippen molar-refractivity contribution >= 4 is 23.5 Å². The highest BCUT2D eigenvalue weighted by molar-refractivity contribution is 6.30. The number of carbonyl (C=O) groups excluding carboxylic acids is 1. The van der Waals surface area contributed by atoms with Crippen LogP contribution in [-0.4, -0.2) is 40.6 Å². The van der Waals surface area contributed by atoms with Crippen LogP contribution in [-0.2, 0) is 24.1 Å². The molecule has 0 bridgehead atoms. The second-order valence-electron chi connectivity index (χ2n) is 9.15. The highest BCUT2D eigenvalue weighted by Crippen LogP contribution is 2.38. The number of amides is 1. The van der Waals surface area contributed by atoms with Crippen molar-refractivity contribution in [2.24, 2.45) is 0 Å². The lowest BCUT2D eigenvalue weighted by atomic mass is 9.91. The molecule has 0 aliphatic carbocycles. The Morgan fingerprint density at radius 3 is 2.54 bits per heavy atom. The Labute approximate surface area is 209 Å². The molecule has 0 saturated carbocycles. The summed E-state index contributed by atoms with van der Waals surface area (Å²) in [5.41, 5.74) is 2.80. The van der Waals surface area contributed by atoms with Gasteiger partial charge in [-0.05, 0) is 60.4 Å². The molecule has 1 N–H and O–H groups in total. The minimum Gasteiger partial charge on any atom is -0.487 e. The van der Waals surface area contributed by atoms with Gasteiger partial charge in [-0.2, -0.15) is 0 Å². The Morgan fingerprint density at radius 1 is 1.06 bits per heavy atom. The first-order valence-electron chi connectivity index (χ1n) is 11.5. The first-order valence-corrected chi connectivity index (χ1v) is 11.9. The van der Waals surface area contributed by atoms with Crippen LogP contribution in [0.5, 0.6) is 5.75 Å². The Hall–Kier alpha value is -3.38. The van der Waals surface area contributed by atoms with Crippen LogP contribution in [0.15, 0.2) is 66.7 Å². The van der Waals surface area contributed by atoms with Crippen LogP contribution < -0.4 is 4.74 Å². The lowest BCUT2D eigenvalue weighted by Gasteiger charge is -2.24. The molecule has 7 heteroatoms. The summed E-state index contributed by atoms with van der Waals surface area (Å²) in [6.07, 6.45) is 1.63. The third kappa shape index (κ3) is 6.20. The maximum atomic E-state index is 13.5. The van der Waals surface area contributed by atoms with E-state index in [0.29, 0.717) is 37.1 Å². The number of carboxylic acid groups (broad SMARTS) is 1. The molecular formula is C28H27ClFNO4. The van der Waals surface area contributed by atoms with Crippen molar-refractivity contribution in [2.75, 3.05) is 13.1 Å². The molecule has 3 aromatic carbocycles. The van der Waals surface area contributed by atoms with Crippen LogP contribution in [0.1, 0.15) is 40.4 Å². The Kier molecular flexibility index (Phi) is 7.41. The summed E-state index contributed by atoms with van der Waals surface area (Å²) in [7, 11) is 0. The summed E-state index contributed by atoms with van der Waals surface area (Å²) in [4.78, 5) is 26.1. The summed E-state index contributed by atoms with van der Waals surface area (Å²) >= 11 is 5.93. The molecule has 0 aromatic heterocycles. The number of nitrogens with zero attached hydrogens (tertiary/aromatic N) is 1. The van der Waals surface area contributed by atoms with Crippen LogP contribution in [0.25, 0.3) is 0 Å². The van der Waals surface area contributed by atoms with Crippen LogP contribution in [0.4, 0.5) is 4.39 Å². The van der Waals surface area contributed by atoms with E-state index in [4.69, 9.17) is 21.4 Å². The van der Waals surface area contributed by atoms with Gasteiger partial charge in [0.15, 0.2) is 0 Å². The molecule has 1 heterocycles. The van der Waals surface area contributed by atoms with E-state index in [9.17, 15) is 14.0 Å². The van der Waals surface area contributed by atoms with Crippen LogP contribution >= 0.6 is 11.6 Å². The van der Waals surface area contributed by atoms with E-state index in [2.05, 4.69) is 0 Å². The zero-order chi connectivity index (χ0) is 25.0. The van der Waals surface area contributed by atoms with Gasteiger partial charge in [-0.25, -0.2) is 4.39 Å². The number of benzene rings is 3. The summed E-state index contributed by atoms with van der Waals surface area (Å²) in [5, 5.41) is 9.23. The smallest absolute Gasteiger partial charge is 0.305 e. The van der Waals surface area contributed by atoms with Crippen molar-refractivity contribution in [1.29, 1.82) is 0 Å². The van der Waals surface area contributed by atoms with Crippen LogP contribution in [0.3, 0.4) is 0 Å². The summed E-state index contributed by atoms with van der Waals surface area (Å²) in [6.45, 7) is 2.54. The van der Waals surface area contributed by atoms with E-state index in [-0.39, 0.29) is 23.9 Å². The molecule has 0 radical (unpaired) electrons. The third-order valence-electron chi connectivity index (χ3n) is 6.19. The maximum absolute atomic E-state index is 13.5. The average Bonchev–Trinajstić information content (AvgIpc) is 3.16. The second kappa shape index (κ2) is 10.5. The predicted molar refractivity (Wildman–Crippen MR) is 133 cm³/mol. The van der Waals surface area contributed by atoms with E-state index in [1.807, 2.05) is 43.3 Å². The van der Waals surface area contributed by atoms with Gasteiger partial charge in [-0.3, -0.25) is 9.59 Å². The average molecular weight is 496 g/mol. The molecule has 5 nitrogen and oxygen atoms in total. The predicted octanol–water partition coefficient (Wildman–Crippen LogP) is 5.58. The number of ether oxygens (including phenoxy) is 1. The van der Waals surface area contributed by atoms with E-state index in [1.165, 1.54) is 6.07 Å². The molecular weight excluding hydrogens is 469 g/mol. The molecule has 0 saturated heterocycles. The molecule has 4 rings (SSSR count). The topological polar surface area (TPSA) is 66.8 Å². The zero-order valence-corrected chi connectivity index (χ0v) is 20.2. The number of fused-ring (bicyclic) bond motifs is 1. The Balaban J connectivity index is 1.48. The highest BCUT2D eigenvalue weighted by Gasteiger charge is 2.35. The van der Waals surface area contributed by atoms with Gasteiger partial charge in [0, 0.05) is 31.5 Å². The minimum atomic E-state index is -0.943. The fraction of sp³-hybridized carbons (Fsp3) is 0.286. The summed E-state index contributed by atoms with van der Waals surface area (Å²) in [5.74, 6) is -0.900. The lowest BCUT2D eigenvalue weighted by Crippen LogP contribution is -2.35. The maximum Gasteiger partial charge on any atom is 0.305 e. The van der Waals surface area contributed by atoms with Gasteiger partial charge in [0.25, 0.3) is 5.91 Å². The first kappa shape index (κ1) is 24.7. The number of carboxylic acids is 1. The highest BCUT2D eigenvalue weighted by atomic mass is 35.5. The quantitative estimate of drug-likeness (QED) is 0.421. The fourth-order valence-corrected chi connectivity index (χ4v) is 4.67. The molecule has 0 spiro atoms. The SMILES string of the molecule is C[C@@]1(Cc2ccc(F)c(Cl)c2)Cc2cc(C(=O)N(CCC(=O)O)CCc3ccccc3)ccc2O1. The third-order valence-corrected chi connectivity index (χ3v) is 6.48. The van der Waals surface area contributed by atoms with Gasteiger partial charge in [0.1, 0.15) is 17.2 Å². The van der Waals surface area contributed by atoms with Gasteiger partial charge in [0.05, 0.1) is 11.4 Å². The molecule has 0 unspecified atom stereocenters. The largest absolute Gasteiger partial charge is 0.487 e. The number of aliphatic carboxylic acids is 1. The minimum absolute atomic E-state index is 0.0754. The van der Waals surface area contributed by atoms with E-state index in [1.54, 1.807) is 29.2 Å². The van der Waals surface area contributed by atoms with Gasteiger partial charge < -0.3 is 14.7 Å². The zero-order valence-electron chi connectivity index (χ0n) is 19.5. The first-order chi connectivity index (χ1) is 16.7. The molecule has 35 heavy (non-hydrogen) atoms. The van der Waals surface area contributed by atoms with E-state index < -0.39 is 17.4 Å². The second-order valence-corrected chi connectivity index (χ2v) is 9.56. The monoisotopic (exact) mass is 495 g/mol.